The number of hydrogen-bond acceptors (Lipinski definition) is 8. The number of aromatic nitrogens is 3. The van der Waals surface area contributed by atoms with Crippen molar-refractivity contribution >= 4 is 11.9 Å². The lowest BCUT2D eigenvalue weighted by atomic mass is 9.84. The second-order valence-electron chi connectivity index (χ2n) is 8.01. The Labute approximate surface area is 181 Å². The van der Waals surface area contributed by atoms with Gasteiger partial charge in [0, 0.05) is 30.3 Å². The van der Waals surface area contributed by atoms with E-state index in [2.05, 4.69) is 15.1 Å². The summed E-state index contributed by atoms with van der Waals surface area (Å²) in [4.78, 5) is 32.3. The average Bonchev–Trinajstić information content (AvgIpc) is 3.29. The number of ether oxygens (including phenoxy) is 1. The molecule has 0 aliphatic heterocycles. The third kappa shape index (κ3) is 6.58. The number of amides is 1. The molecule has 1 saturated carbocycles. The molecule has 1 aliphatic carbocycles. The Bertz CT molecular complexity index is 863. The van der Waals surface area contributed by atoms with Crippen LogP contribution in [0.1, 0.15) is 86.9 Å². The summed E-state index contributed by atoms with van der Waals surface area (Å²) in [6, 6.07) is 1.60. The first kappa shape index (κ1) is 22.9. The topological polar surface area (TPSA) is 127 Å². The molecule has 31 heavy (non-hydrogen) atoms. The molecular weight excluding hydrogens is 400 g/mol. The van der Waals surface area contributed by atoms with Crippen molar-refractivity contribution in [2.75, 3.05) is 6.61 Å². The van der Waals surface area contributed by atoms with Gasteiger partial charge in [-0.25, -0.2) is 10.3 Å². The molecule has 0 unspecified atom stereocenters. The lowest BCUT2D eigenvalue weighted by Gasteiger charge is -2.22. The molecule has 3 rings (SSSR count). The van der Waals surface area contributed by atoms with Crippen LogP contribution in [0.15, 0.2) is 23.0 Å². The minimum absolute atomic E-state index is 0.0594. The Balaban J connectivity index is 1.69. The first-order valence-corrected chi connectivity index (χ1v) is 11.0. The van der Waals surface area contributed by atoms with Crippen LogP contribution in [0.2, 0.25) is 0 Å². The fraction of sp³-hybridized carbons (Fsp3) is 0.591. The van der Waals surface area contributed by atoms with E-state index in [1.807, 2.05) is 0 Å². The number of carbonyl (C=O) groups excluding carboxylic acids is 2. The zero-order valence-electron chi connectivity index (χ0n) is 17.9. The van der Waals surface area contributed by atoms with Gasteiger partial charge in [0.15, 0.2) is 0 Å². The van der Waals surface area contributed by atoms with Gasteiger partial charge in [0.2, 0.25) is 17.6 Å². The Kier molecular flexibility index (Phi) is 8.52. The predicted molar refractivity (Wildman–Crippen MR) is 111 cm³/mol. The number of hydroxylamine groups is 1. The Hall–Kier alpha value is -2.81. The fourth-order valence-electron chi connectivity index (χ4n) is 4.12. The predicted octanol–water partition coefficient (Wildman–Crippen LogP) is 4.04. The molecule has 9 heteroatoms. The first-order chi connectivity index (χ1) is 15.1. The molecule has 1 aliphatic rings. The highest BCUT2D eigenvalue weighted by molar-refractivity contribution is 5.90. The van der Waals surface area contributed by atoms with Gasteiger partial charge in [-0.05, 0) is 25.3 Å². The largest absolute Gasteiger partial charge is 0.462 e. The van der Waals surface area contributed by atoms with Crippen molar-refractivity contribution in [3.63, 3.8) is 0 Å². The maximum atomic E-state index is 12.0. The molecule has 2 aromatic rings. The van der Waals surface area contributed by atoms with E-state index < -0.39 is 11.9 Å². The maximum Gasteiger partial charge on any atom is 0.339 e. The second-order valence-corrected chi connectivity index (χ2v) is 8.01. The first-order valence-electron chi connectivity index (χ1n) is 11.0. The molecule has 1 fully saturated rings. The van der Waals surface area contributed by atoms with Gasteiger partial charge < -0.3 is 9.26 Å². The number of esters is 1. The number of carbonyl (C=O) groups is 2. The summed E-state index contributed by atoms with van der Waals surface area (Å²) in [6.07, 6.45) is 12.3. The van der Waals surface area contributed by atoms with Crippen molar-refractivity contribution in [2.24, 2.45) is 5.92 Å². The molecule has 2 N–H and O–H groups in total. The number of nitrogens with one attached hydrogen (secondary N) is 1. The summed E-state index contributed by atoms with van der Waals surface area (Å²) in [7, 11) is 0. The zero-order valence-corrected chi connectivity index (χ0v) is 17.9. The van der Waals surface area contributed by atoms with Crippen LogP contribution in [-0.2, 0) is 9.53 Å². The SMILES string of the molecule is CCOC(=O)c1cncc(-c2noc([C@@H](CCCC3CCCCC3)CC(=O)NO)n2)c1. The van der Waals surface area contributed by atoms with E-state index >= 15 is 0 Å². The molecule has 1 amide bonds. The quantitative estimate of drug-likeness (QED) is 0.328. The van der Waals surface area contributed by atoms with Gasteiger partial charge >= 0.3 is 5.97 Å². The molecule has 168 valence electrons. The van der Waals surface area contributed by atoms with E-state index in [0.29, 0.717) is 23.4 Å². The summed E-state index contributed by atoms with van der Waals surface area (Å²) in [6.45, 7) is 2.00. The number of pyridine rings is 1. The van der Waals surface area contributed by atoms with Crippen LogP contribution in [-0.4, -0.2) is 38.8 Å². The summed E-state index contributed by atoms with van der Waals surface area (Å²) in [5, 5.41) is 13.0. The molecular formula is C22H30N4O5. The van der Waals surface area contributed by atoms with Crippen LogP contribution >= 0.6 is 0 Å². The Morgan fingerprint density at radius 2 is 2.10 bits per heavy atom. The van der Waals surface area contributed by atoms with Gasteiger partial charge in [-0.1, -0.05) is 50.1 Å². The third-order valence-corrected chi connectivity index (χ3v) is 5.74. The van der Waals surface area contributed by atoms with Gasteiger partial charge in [0.05, 0.1) is 12.2 Å². The van der Waals surface area contributed by atoms with Crippen LogP contribution in [0.25, 0.3) is 11.4 Å². The molecule has 0 aromatic carbocycles. The Morgan fingerprint density at radius 1 is 1.29 bits per heavy atom. The maximum absolute atomic E-state index is 12.0. The fourth-order valence-corrected chi connectivity index (χ4v) is 4.12. The molecule has 0 spiro atoms. The molecule has 9 nitrogen and oxygen atoms in total. The van der Waals surface area contributed by atoms with Crippen LogP contribution in [0.5, 0.6) is 0 Å². The van der Waals surface area contributed by atoms with E-state index in [-0.39, 0.29) is 24.8 Å². The highest BCUT2D eigenvalue weighted by atomic mass is 16.5. The number of nitrogens with zero attached hydrogens (tertiary/aromatic N) is 3. The average molecular weight is 431 g/mol. The standard InChI is InChI=1S/C22H30N4O5/c1-2-30-22(28)18-11-17(13-23-14-18)20-24-21(31-26-20)16(12-19(27)25-29)10-6-9-15-7-4-3-5-8-15/h11,13-16,29H,2-10,12H2,1H3,(H,25,27)/t16-/m0/s1. The second kappa shape index (κ2) is 11.5. The molecule has 0 saturated heterocycles. The van der Waals surface area contributed by atoms with Crippen molar-refractivity contribution in [1.29, 1.82) is 0 Å². The number of rotatable bonds is 10. The van der Waals surface area contributed by atoms with Crippen molar-refractivity contribution in [3.8, 4) is 11.4 Å². The monoisotopic (exact) mass is 430 g/mol. The lowest BCUT2D eigenvalue weighted by molar-refractivity contribution is -0.129. The van der Waals surface area contributed by atoms with E-state index in [1.165, 1.54) is 44.5 Å². The third-order valence-electron chi connectivity index (χ3n) is 5.74. The van der Waals surface area contributed by atoms with Crippen LogP contribution in [0.3, 0.4) is 0 Å². The van der Waals surface area contributed by atoms with Crippen molar-refractivity contribution in [1.82, 2.24) is 20.6 Å². The molecule has 0 bridgehead atoms. The van der Waals surface area contributed by atoms with Crippen LogP contribution in [0.4, 0.5) is 0 Å². The van der Waals surface area contributed by atoms with Gasteiger partial charge in [0.25, 0.3) is 0 Å². The van der Waals surface area contributed by atoms with Crippen molar-refractivity contribution in [3.05, 3.63) is 29.9 Å². The normalized spacial score (nSPS) is 15.4. The Morgan fingerprint density at radius 3 is 2.84 bits per heavy atom. The molecule has 2 aromatic heterocycles. The lowest BCUT2D eigenvalue weighted by Crippen LogP contribution is -2.21. The highest BCUT2D eigenvalue weighted by Gasteiger charge is 2.24. The highest BCUT2D eigenvalue weighted by Crippen LogP contribution is 2.31. The van der Waals surface area contributed by atoms with E-state index in [1.54, 1.807) is 18.5 Å². The molecule has 0 radical (unpaired) electrons. The van der Waals surface area contributed by atoms with Crippen molar-refractivity contribution < 1.29 is 24.1 Å². The molecule has 1 atom stereocenters. The smallest absolute Gasteiger partial charge is 0.339 e. The summed E-state index contributed by atoms with van der Waals surface area (Å²) in [5.41, 5.74) is 2.51. The van der Waals surface area contributed by atoms with E-state index in [9.17, 15) is 9.59 Å². The van der Waals surface area contributed by atoms with Gasteiger partial charge in [-0.2, -0.15) is 4.98 Å². The zero-order chi connectivity index (χ0) is 22.1. The molecule has 2 heterocycles. The minimum Gasteiger partial charge on any atom is -0.462 e. The summed E-state index contributed by atoms with van der Waals surface area (Å²) in [5.74, 6) is 0.113. The van der Waals surface area contributed by atoms with Gasteiger partial charge in [-0.3, -0.25) is 15.0 Å². The summed E-state index contributed by atoms with van der Waals surface area (Å²) < 4.78 is 10.5. The van der Waals surface area contributed by atoms with Crippen molar-refractivity contribution in [2.45, 2.75) is 70.6 Å². The van der Waals surface area contributed by atoms with Crippen LogP contribution in [0, 0.1) is 5.92 Å². The minimum atomic E-state index is -0.492. The number of hydrogen-bond donors (Lipinski definition) is 2. The van der Waals surface area contributed by atoms with Gasteiger partial charge in [0.1, 0.15) is 0 Å². The summed E-state index contributed by atoms with van der Waals surface area (Å²) >= 11 is 0. The van der Waals surface area contributed by atoms with Gasteiger partial charge in [-0.15, -0.1) is 0 Å². The van der Waals surface area contributed by atoms with E-state index in [4.69, 9.17) is 14.5 Å². The van der Waals surface area contributed by atoms with Crippen LogP contribution < -0.4 is 5.48 Å². The van der Waals surface area contributed by atoms with E-state index in [0.717, 1.165) is 18.8 Å².